The maximum absolute atomic E-state index is 12.4. The second-order valence-corrected chi connectivity index (χ2v) is 5.68. The normalized spacial score (nSPS) is 26.7. The Morgan fingerprint density at radius 2 is 2.24 bits per heavy atom. The molecule has 3 rings (SSSR count). The predicted molar refractivity (Wildman–Crippen MR) is 80.8 cm³/mol. The lowest BCUT2D eigenvalue weighted by atomic mass is 9.88. The molecule has 1 amide bonds. The van der Waals surface area contributed by atoms with Gasteiger partial charge in [0.05, 0.1) is 19.6 Å². The highest BCUT2D eigenvalue weighted by molar-refractivity contribution is 5.93. The molecule has 0 saturated carbocycles. The minimum absolute atomic E-state index is 0.0845. The predicted octanol–water partition coefficient (Wildman–Crippen LogP) is 2.17. The van der Waals surface area contributed by atoms with Crippen molar-refractivity contribution < 1.29 is 14.3 Å². The molecule has 2 bridgehead atoms. The fourth-order valence-electron chi connectivity index (χ4n) is 3.37. The summed E-state index contributed by atoms with van der Waals surface area (Å²) < 4.78 is 10.8. The number of fused-ring (bicyclic) bond motifs is 2. The van der Waals surface area contributed by atoms with Crippen molar-refractivity contribution in [3.8, 4) is 11.5 Å². The zero-order valence-electron chi connectivity index (χ0n) is 12.5. The Morgan fingerprint density at radius 3 is 2.86 bits per heavy atom. The molecule has 5 heteroatoms. The number of hydrogen-bond donors (Lipinski definition) is 2. The Labute approximate surface area is 125 Å². The summed E-state index contributed by atoms with van der Waals surface area (Å²) in [7, 11) is 1.60. The molecule has 21 heavy (non-hydrogen) atoms. The maximum atomic E-state index is 12.4. The van der Waals surface area contributed by atoms with Gasteiger partial charge < -0.3 is 20.1 Å². The van der Waals surface area contributed by atoms with Crippen molar-refractivity contribution in [3.63, 3.8) is 0 Å². The Bertz CT molecular complexity index is 532. The molecule has 2 N–H and O–H groups in total. The van der Waals surface area contributed by atoms with E-state index in [1.54, 1.807) is 7.11 Å². The van der Waals surface area contributed by atoms with Crippen molar-refractivity contribution >= 4 is 11.6 Å². The van der Waals surface area contributed by atoms with Gasteiger partial charge in [-0.3, -0.25) is 4.79 Å². The third-order valence-corrected chi connectivity index (χ3v) is 4.37. The molecule has 2 fully saturated rings. The number of rotatable bonds is 5. The lowest BCUT2D eigenvalue weighted by Crippen LogP contribution is -2.32. The van der Waals surface area contributed by atoms with E-state index >= 15 is 0 Å². The molecule has 0 aromatic heterocycles. The summed E-state index contributed by atoms with van der Waals surface area (Å²) in [6.07, 6.45) is 3.26. The van der Waals surface area contributed by atoms with E-state index in [1.807, 2.05) is 25.1 Å². The minimum Gasteiger partial charge on any atom is -0.493 e. The van der Waals surface area contributed by atoms with E-state index in [4.69, 9.17) is 9.47 Å². The largest absolute Gasteiger partial charge is 0.493 e. The van der Waals surface area contributed by atoms with Crippen molar-refractivity contribution in [2.24, 2.45) is 5.92 Å². The Morgan fingerprint density at radius 1 is 1.38 bits per heavy atom. The van der Waals surface area contributed by atoms with Gasteiger partial charge in [-0.1, -0.05) is 0 Å². The standard InChI is InChI=1S/C16H22N2O3/c1-3-21-14-7-5-11(9-15(14)20-2)18-16(19)12-8-10-4-6-13(12)17-10/h5,7,9-10,12-13,17H,3-4,6,8H2,1-2H3,(H,18,19). The van der Waals surface area contributed by atoms with E-state index in [9.17, 15) is 4.79 Å². The first-order valence-electron chi connectivity index (χ1n) is 7.59. The van der Waals surface area contributed by atoms with Crippen LogP contribution >= 0.6 is 0 Å². The molecule has 3 atom stereocenters. The Kier molecular flexibility index (Phi) is 4.01. The minimum atomic E-state index is 0.0845. The molecule has 0 aliphatic carbocycles. The van der Waals surface area contributed by atoms with Crippen LogP contribution in [0.1, 0.15) is 26.2 Å². The van der Waals surface area contributed by atoms with Crippen LogP contribution in [0.5, 0.6) is 11.5 Å². The van der Waals surface area contributed by atoms with Crippen LogP contribution < -0.4 is 20.1 Å². The first-order chi connectivity index (χ1) is 10.2. The second-order valence-electron chi connectivity index (χ2n) is 5.68. The molecule has 1 aromatic carbocycles. The average Bonchev–Trinajstić information content (AvgIpc) is 3.11. The number of benzene rings is 1. The van der Waals surface area contributed by atoms with Crippen LogP contribution in [0.15, 0.2) is 18.2 Å². The van der Waals surface area contributed by atoms with Crippen molar-refractivity contribution in [1.82, 2.24) is 5.32 Å². The van der Waals surface area contributed by atoms with E-state index < -0.39 is 0 Å². The number of anilines is 1. The van der Waals surface area contributed by atoms with Gasteiger partial charge in [-0.15, -0.1) is 0 Å². The van der Waals surface area contributed by atoms with Gasteiger partial charge in [0.15, 0.2) is 11.5 Å². The van der Waals surface area contributed by atoms with Gasteiger partial charge in [-0.05, 0) is 38.3 Å². The summed E-state index contributed by atoms with van der Waals surface area (Å²) in [5, 5.41) is 6.49. The van der Waals surface area contributed by atoms with Crippen LogP contribution in [0.2, 0.25) is 0 Å². The first-order valence-corrected chi connectivity index (χ1v) is 7.59. The van der Waals surface area contributed by atoms with Gasteiger partial charge in [0.25, 0.3) is 0 Å². The maximum Gasteiger partial charge on any atom is 0.229 e. The molecule has 3 unspecified atom stereocenters. The van der Waals surface area contributed by atoms with Crippen LogP contribution in [0, 0.1) is 5.92 Å². The van der Waals surface area contributed by atoms with Gasteiger partial charge in [0.2, 0.25) is 5.91 Å². The lowest BCUT2D eigenvalue weighted by molar-refractivity contribution is -0.120. The summed E-state index contributed by atoms with van der Waals surface area (Å²) >= 11 is 0. The number of nitrogens with one attached hydrogen (secondary N) is 2. The molecular formula is C16H22N2O3. The van der Waals surface area contributed by atoms with E-state index in [-0.39, 0.29) is 11.8 Å². The summed E-state index contributed by atoms with van der Waals surface area (Å²) in [5.74, 6) is 1.52. The summed E-state index contributed by atoms with van der Waals surface area (Å²) in [5.41, 5.74) is 0.753. The lowest BCUT2D eigenvalue weighted by Gasteiger charge is -2.19. The molecular weight excluding hydrogens is 268 g/mol. The van der Waals surface area contributed by atoms with E-state index in [1.165, 1.54) is 6.42 Å². The summed E-state index contributed by atoms with van der Waals surface area (Å²) in [6, 6.07) is 6.37. The smallest absolute Gasteiger partial charge is 0.229 e. The zero-order valence-corrected chi connectivity index (χ0v) is 12.5. The van der Waals surface area contributed by atoms with Gasteiger partial charge in [-0.25, -0.2) is 0 Å². The number of methoxy groups -OCH3 is 1. The molecule has 2 aliphatic heterocycles. The molecule has 1 aromatic rings. The fourth-order valence-corrected chi connectivity index (χ4v) is 3.37. The molecule has 114 valence electrons. The number of ether oxygens (including phenoxy) is 2. The van der Waals surface area contributed by atoms with Crippen molar-refractivity contribution in [3.05, 3.63) is 18.2 Å². The molecule has 2 aliphatic rings. The number of carbonyl (C=O) groups excluding carboxylic acids is 1. The van der Waals surface area contributed by atoms with Crippen LogP contribution in [0.25, 0.3) is 0 Å². The topological polar surface area (TPSA) is 59.6 Å². The monoisotopic (exact) mass is 290 g/mol. The first kappa shape index (κ1) is 14.2. The fraction of sp³-hybridized carbons (Fsp3) is 0.562. The summed E-state index contributed by atoms with van der Waals surface area (Å²) in [4.78, 5) is 12.4. The van der Waals surface area contributed by atoms with Crippen LogP contribution in [0.4, 0.5) is 5.69 Å². The van der Waals surface area contributed by atoms with Gasteiger partial charge in [0, 0.05) is 23.8 Å². The van der Waals surface area contributed by atoms with Gasteiger partial charge in [-0.2, -0.15) is 0 Å². The number of carbonyl (C=O) groups is 1. The molecule has 5 nitrogen and oxygen atoms in total. The molecule has 0 spiro atoms. The van der Waals surface area contributed by atoms with Crippen molar-refractivity contribution in [2.45, 2.75) is 38.3 Å². The Hall–Kier alpha value is -1.75. The molecule has 0 radical (unpaired) electrons. The van der Waals surface area contributed by atoms with Crippen LogP contribution in [-0.2, 0) is 4.79 Å². The van der Waals surface area contributed by atoms with Crippen molar-refractivity contribution in [2.75, 3.05) is 19.0 Å². The second kappa shape index (κ2) is 5.93. The third-order valence-electron chi connectivity index (χ3n) is 4.37. The molecule has 2 saturated heterocycles. The van der Waals surface area contributed by atoms with Gasteiger partial charge >= 0.3 is 0 Å². The third kappa shape index (κ3) is 2.83. The van der Waals surface area contributed by atoms with E-state index in [0.29, 0.717) is 30.2 Å². The van der Waals surface area contributed by atoms with E-state index in [0.717, 1.165) is 18.5 Å². The zero-order chi connectivity index (χ0) is 14.8. The van der Waals surface area contributed by atoms with Crippen LogP contribution in [0.3, 0.4) is 0 Å². The quantitative estimate of drug-likeness (QED) is 0.872. The number of hydrogen-bond acceptors (Lipinski definition) is 4. The summed E-state index contributed by atoms with van der Waals surface area (Å²) in [6.45, 7) is 2.51. The molecule has 2 heterocycles. The highest BCUT2D eigenvalue weighted by Gasteiger charge is 2.42. The van der Waals surface area contributed by atoms with Crippen molar-refractivity contribution in [1.29, 1.82) is 0 Å². The highest BCUT2D eigenvalue weighted by Crippen LogP contribution is 2.35. The number of amides is 1. The Balaban J connectivity index is 1.68. The SMILES string of the molecule is CCOc1ccc(NC(=O)C2CC3CCC2N3)cc1OC. The van der Waals surface area contributed by atoms with Gasteiger partial charge in [0.1, 0.15) is 0 Å². The van der Waals surface area contributed by atoms with Crippen LogP contribution in [-0.4, -0.2) is 31.7 Å². The average molecular weight is 290 g/mol. The highest BCUT2D eigenvalue weighted by atomic mass is 16.5. The van der Waals surface area contributed by atoms with E-state index in [2.05, 4.69) is 10.6 Å².